The summed E-state index contributed by atoms with van der Waals surface area (Å²) >= 11 is 0. The summed E-state index contributed by atoms with van der Waals surface area (Å²) in [6.45, 7) is 8.73. The van der Waals surface area contributed by atoms with E-state index < -0.39 is 0 Å². The fourth-order valence-electron chi connectivity index (χ4n) is 1.97. The van der Waals surface area contributed by atoms with E-state index in [9.17, 15) is 4.79 Å². The van der Waals surface area contributed by atoms with E-state index in [2.05, 4.69) is 39.0 Å². The van der Waals surface area contributed by atoms with Gasteiger partial charge in [0.25, 0.3) is 0 Å². The van der Waals surface area contributed by atoms with Gasteiger partial charge >= 0.3 is 0 Å². The first-order valence-electron chi connectivity index (χ1n) is 5.90. The van der Waals surface area contributed by atoms with Crippen LogP contribution in [0.5, 0.6) is 0 Å². The molecule has 0 heterocycles. The Morgan fingerprint density at radius 1 is 1.44 bits per heavy atom. The van der Waals surface area contributed by atoms with Crippen LogP contribution in [0.15, 0.2) is 24.3 Å². The smallest absolute Gasteiger partial charge is 0.219 e. The largest absolute Gasteiger partial charge is 0.336 e. The first-order chi connectivity index (χ1) is 7.56. The summed E-state index contributed by atoms with van der Waals surface area (Å²) in [5, 5.41) is 0. The van der Waals surface area contributed by atoms with Gasteiger partial charge in [-0.25, -0.2) is 0 Å². The van der Waals surface area contributed by atoms with E-state index in [1.165, 1.54) is 11.1 Å². The predicted molar refractivity (Wildman–Crippen MR) is 67.3 cm³/mol. The number of hydrogen-bond donors (Lipinski definition) is 0. The molecule has 0 saturated heterocycles. The number of benzene rings is 1. The molecule has 16 heavy (non-hydrogen) atoms. The van der Waals surface area contributed by atoms with Gasteiger partial charge in [0.05, 0.1) is 6.04 Å². The zero-order chi connectivity index (χ0) is 12.1. The van der Waals surface area contributed by atoms with E-state index in [-0.39, 0.29) is 11.9 Å². The normalized spacial score (nSPS) is 12.2. The van der Waals surface area contributed by atoms with Gasteiger partial charge in [0.15, 0.2) is 0 Å². The Morgan fingerprint density at radius 3 is 2.62 bits per heavy atom. The van der Waals surface area contributed by atoms with Gasteiger partial charge < -0.3 is 4.90 Å². The summed E-state index contributed by atoms with van der Waals surface area (Å²) in [6, 6.07) is 8.52. The van der Waals surface area contributed by atoms with Gasteiger partial charge in [-0.3, -0.25) is 4.79 Å². The topological polar surface area (TPSA) is 20.3 Å². The molecule has 1 atom stereocenters. The summed E-state index contributed by atoms with van der Waals surface area (Å²) in [5.74, 6) is 0.149. The SMILES string of the molecule is CCCN(C(C)=O)C(C)c1cccc(C)c1. The third kappa shape index (κ3) is 3.09. The molecule has 88 valence electrons. The third-order valence-electron chi connectivity index (χ3n) is 2.86. The molecule has 1 rings (SSSR count). The van der Waals surface area contributed by atoms with Crippen molar-refractivity contribution in [3.63, 3.8) is 0 Å². The molecular formula is C14H21NO. The number of rotatable bonds is 4. The average molecular weight is 219 g/mol. The summed E-state index contributed by atoms with van der Waals surface area (Å²) in [6.07, 6.45) is 0.996. The Morgan fingerprint density at radius 2 is 2.12 bits per heavy atom. The summed E-state index contributed by atoms with van der Waals surface area (Å²) in [7, 11) is 0. The highest BCUT2D eigenvalue weighted by molar-refractivity contribution is 5.73. The van der Waals surface area contributed by atoms with Crippen molar-refractivity contribution < 1.29 is 4.79 Å². The number of carbonyl (C=O) groups is 1. The van der Waals surface area contributed by atoms with Gasteiger partial charge in [0.1, 0.15) is 0 Å². The number of hydrogen-bond acceptors (Lipinski definition) is 1. The molecule has 1 unspecified atom stereocenters. The molecule has 0 aliphatic carbocycles. The molecule has 0 N–H and O–H groups in total. The van der Waals surface area contributed by atoms with Crippen LogP contribution >= 0.6 is 0 Å². The van der Waals surface area contributed by atoms with Crippen molar-refractivity contribution >= 4 is 5.91 Å². The Bertz CT molecular complexity index is 360. The van der Waals surface area contributed by atoms with Crippen LogP contribution in [0.3, 0.4) is 0 Å². The number of amides is 1. The van der Waals surface area contributed by atoms with E-state index in [4.69, 9.17) is 0 Å². The lowest BCUT2D eigenvalue weighted by Crippen LogP contribution is -2.32. The Hall–Kier alpha value is -1.31. The van der Waals surface area contributed by atoms with Crippen molar-refractivity contribution in [2.75, 3.05) is 6.54 Å². The van der Waals surface area contributed by atoms with Crippen LogP contribution in [0.2, 0.25) is 0 Å². The van der Waals surface area contributed by atoms with Crippen LogP contribution in [0.1, 0.15) is 44.4 Å². The minimum atomic E-state index is 0.149. The molecule has 0 radical (unpaired) electrons. The molecule has 0 aromatic heterocycles. The molecule has 0 aliphatic heterocycles. The maximum atomic E-state index is 11.6. The summed E-state index contributed by atoms with van der Waals surface area (Å²) in [5.41, 5.74) is 2.45. The van der Waals surface area contributed by atoms with Crippen LogP contribution in [0, 0.1) is 6.92 Å². The summed E-state index contributed by atoms with van der Waals surface area (Å²) in [4.78, 5) is 13.5. The Kier molecular flexibility index (Phi) is 4.53. The number of carbonyl (C=O) groups excluding carboxylic acids is 1. The second-order valence-electron chi connectivity index (χ2n) is 4.30. The molecule has 1 aromatic carbocycles. The quantitative estimate of drug-likeness (QED) is 0.760. The predicted octanol–water partition coefficient (Wildman–Crippen LogP) is 3.31. The molecule has 0 fully saturated rings. The average Bonchev–Trinajstić information content (AvgIpc) is 2.24. The van der Waals surface area contributed by atoms with Crippen molar-refractivity contribution in [3.05, 3.63) is 35.4 Å². The Balaban J connectivity index is 2.89. The van der Waals surface area contributed by atoms with Crippen molar-refractivity contribution in [1.29, 1.82) is 0 Å². The lowest BCUT2D eigenvalue weighted by atomic mass is 10.0. The van der Waals surface area contributed by atoms with Crippen LogP contribution in [-0.4, -0.2) is 17.4 Å². The minimum Gasteiger partial charge on any atom is -0.336 e. The zero-order valence-corrected chi connectivity index (χ0v) is 10.7. The fourth-order valence-corrected chi connectivity index (χ4v) is 1.97. The van der Waals surface area contributed by atoms with E-state index in [0.29, 0.717) is 0 Å². The molecule has 0 bridgehead atoms. The maximum absolute atomic E-state index is 11.6. The lowest BCUT2D eigenvalue weighted by Gasteiger charge is -2.28. The standard InChI is InChI=1S/C14H21NO/c1-5-9-15(13(4)16)12(3)14-8-6-7-11(2)10-14/h6-8,10,12H,5,9H2,1-4H3. The second-order valence-corrected chi connectivity index (χ2v) is 4.30. The Labute approximate surface area is 98.3 Å². The van der Waals surface area contributed by atoms with E-state index in [1.807, 2.05) is 11.0 Å². The molecule has 0 aliphatic rings. The molecule has 0 spiro atoms. The first-order valence-corrected chi connectivity index (χ1v) is 5.90. The zero-order valence-electron chi connectivity index (χ0n) is 10.7. The number of aryl methyl sites for hydroxylation is 1. The van der Waals surface area contributed by atoms with Crippen LogP contribution in [0.4, 0.5) is 0 Å². The summed E-state index contributed by atoms with van der Waals surface area (Å²) < 4.78 is 0. The van der Waals surface area contributed by atoms with E-state index >= 15 is 0 Å². The molecular weight excluding hydrogens is 198 g/mol. The molecule has 0 saturated carbocycles. The second kappa shape index (κ2) is 5.69. The fraction of sp³-hybridized carbons (Fsp3) is 0.500. The van der Waals surface area contributed by atoms with Gasteiger partial charge in [0.2, 0.25) is 5.91 Å². The van der Waals surface area contributed by atoms with Crippen molar-refractivity contribution in [1.82, 2.24) is 4.90 Å². The highest BCUT2D eigenvalue weighted by atomic mass is 16.2. The van der Waals surface area contributed by atoms with Crippen molar-refractivity contribution in [2.45, 2.75) is 40.2 Å². The molecule has 2 heteroatoms. The van der Waals surface area contributed by atoms with Gasteiger partial charge in [-0.2, -0.15) is 0 Å². The monoisotopic (exact) mass is 219 g/mol. The minimum absolute atomic E-state index is 0.149. The number of nitrogens with zero attached hydrogens (tertiary/aromatic N) is 1. The lowest BCUT2D eigenvalue weighted by molar-refractivity contribution is -0.131. The highest BCUT2D eigenvalue weighted by Crippen LogP contribution is 2.21. The van der Waals surface area contributed by atoms with Gasteiger partial charge in [-0.05, 0) is 25.8 Å². The molecule has 1 aromatic rings. The van der Waals surface area contributed by atoms with Crippen molar-refractivity contribution in [3.8, 4) is 0 Å². The van der Waals surface area contributed by atoms with Crippen LogP contribution in [0.25, 0.3) is 0 Å². The molecule has 1 amide bonds. The first kappa shape index (κ1) is 12.8. The van der Waals surface area contributed by atoms with Crippen molar-refractivity contribution in [2.24, 2.45) is 0 Å². The van der Waals surface area contributed by atoms with Gasteiger partial charge in [-0.1, -0.05) is 36.8 Å². The molecule has 2 nitrogen and oxygen atoms in total. The van der Waals surface area contributed by atoms with Gasteiger partial charge in [-0.15, -0.1) is 0 Å². The van der Waals surface area contributed by atoms with Crippen LogP contribution in [-0.2, 0) is 4.79 Å². The van der Waals surface area contributed by atoms with Crippen LogP contribution < -0.4 is 0 Å². The van der Waals surface area contributed by atoms with E-state index in [0.717, 1.165) is 13.0 Å². The highest BCUT2D eigenvalue weighted by Gasteiger charge is 2.17. The third-order valence-corrected chi connectivity index (χ3v) is 2.86. The van der Waals surface area contributed by atoms with E-state index in [1.54, 1.807) is 6.92 Å². The van der Waals surface area contributed by atoms with Gasteiger partial charge in [0, 0.05) is 13.5 Å². The maximum Gasteiger partial charge on any atom is 0.219 e.